The van der Waals surface area contributed by atoms with Crippen molar-refractivity contribution in [1.29, 1.82) is 0 Å². The minimum Gasteiger partial charge on any atom is -0.493 e. The van der Waals surface area contributed by atoms with Gasteiger partial charge in [-0.05, 0) is 23.8 Å². The van der Waals surface area contributed by atoms with Crippen molar-refractivity contribution in [3.8, 4) is 5.75 Å². The molecule has 0 saturated heterocycles. The Kier molecular flexibility index (Phi) is 6.60. The summed E-state index contributed by atoms with van der Waals surface area (Å²) in [5.41, 5.74) is 0.696. The summed E-state index contributed by atoms with van der Waals surface area (Å²) >= 11 is 0. The minimum absolute atomic E-state index is 0.0676. The van der Waals surface area contributed by atoms with Gasteiger partial charge in [0.25, 0.3) is 0 Å². The zero-order valence-corrected chi connectivity index (χ0v) is 13.7. The van der Waals surface area contributed by atoms with E-state index < -0.39 is 12.1 Å². The SMILES string of the molecule is O=C(CCOc1ccccc1)Nc1ccccc1CNC(=O)C(F)(F)F. The van der Waals surface area contributed by atoms with E-state index in [2.05, 4.69) is 5.32 Å². The summed E-state index contributed by atoms with van der Waals surface area (Å²) < 4.78 is 42.2. The normalized spacial score (nSPS) is 10.9. The quantitative estimate of drug-likeness (QED) is 0.790. The van der Waals surface area contributed by atoms with E-state index in [-0.39, 0.29) is 25.5 Å². The summed E-state index contributed by atoms with van der Waals surface area (Å²) in [5.74, 6) is -1.75. The molecule has 2 aromatic carbocycles. The predicted octanol–water partition coefficient (Wildman–Crippen LogP) is 3.27. The lowest BCUT2D eigenvalue weighted by Gasteiger charge is -2.13. The number of anilines is 1. The van der Waals surface area contributed by atoms with Crippen LogP contribution in [0.2, 0.25) is 0 Å². The van der Waals surface area contributed by atoms with Gasteiger partial charge in [0.15, 0.2) is 0 Å². The molecular formula is C18H17F3N2O3. The van der Waals surface area contributed by atoms with Crippen LogP contribution in [0.15, 0.2) is 54.6 Å². The number of halogens is 3. The van der Waals surface area contributed by atoms with Gasteiger partial charge in [-0.2, -0.15) is 13.2 Å². The average molecular weight is 366 g/mol. The standard InChI is InChI=1S/C18H17F3N2O3/c19-18(20,21)17(25)22-12-13-6-4-5-9-15(13)23-16(24)10-11-26-14-7-2-1-3-8-14/h1-9H,10-12H2,(H,22,25)(H,23,24). The summed E-state index contributed by atoms with van der Waals surface area (Å²) in [5, 5.41) is 4.39. The lowest BCUT2D eigenvalue weighted by molar-refractivity contribution is -0.173. The lowest BCUT2D eigenvalue weighted by Crippen LogP contribution is -2.36. The van der Waals surface area contributed by atoms with Crippen LogP contribution in [0.1, 0.15) is 12.0 Å². The van der Waals surface area contributed by atoms with Gasteiger partial charge in [0.05, 0.1) is 13.0 Å². The molecule has 26 heavy (non-hydrogen) atoms. The van der Waals surface area contributed by atoms with Gasteiger partial charge in [-0.15, -0.1) is 0 Å². The fourth-order valence-electron chi connectivity index (χ4n) is 2.06. The van der Waals surface area contributed by atoms with E-state index in [9.17, 15) is 22.8 Å². The highest BCUT2D eigenvalue weighted by atomic mass is 19.4. The first-order valence-electron chi connectivity index (χ1n) is 7.77. The van der Waals surface area contributed by atoms with E-state index in [1.165, 1.54) is 6.07 Å². The Balaban J connectivity index is 1.86. The van der Waals surface area contributed by atoms with Crippen LogP contribution in [-0.4, -0.2) is 24.6 Å². The smallest absolute Gasteiger partial charge is 0.471 e. The number of carbonyl (C=O) groups excluding carboxylic acids is 2. The molecule has 0 saturated carbocycles. The molecule has 0 atom stereocenters. The Labute approximate surface area is 148 Å². The van der Waals surface area contributed by atoms with Gasteiger partial charge < -0.3 is 15.4 Å². The van der Waals surface area contributed by atoms with Crippen molar-refractivity contribution >= 4 is 17.5 Å². The molecule has 0 aliphatic rings. The van der Waals surface area contributed by atoms with E-state index in [0.717, 1.165) is 0 Å². The fourth-order valence-corrected chi connectivity index (χ4v) is 2.06. The van der Waals surface area contributed by atoms with E-state index in [1.54, 1.807) is 47.8 Å². The second kappa shape index (κ2) is 8.89. The van der Waals surface area contributed by atoms with Crippen LogP contribution < -0.4 is 15.4 Å². The highest BCUT2D eigenvalue weighted by Crippen LogP contribution is 2.18. The first-order chi connectivity index (χ1) is 12.4. The third-order valence-electron chi connectivity index (χ3n) is 3.33. The van der Waals surface area contributed by atoms with Crippen molar-refractivity contribution in [2.24, 2.45) is 0 Å². The number of ether oxygens (including phenoxy) is 1. The number of nitrogens with one attached hydrogen (secondary N) is 2. The van der Waals surface area contributed by atoms with Crippen LogP contribution in [0.3, 0.4) is 0 Å². The summed E-state index contributed by atoms with van der Waals surface area (Å²) in [4.78, 5) is 22.9. The van der Waals surface area contributed by atoms with Gasteiger partial charge >= 0.3 is 12.1 Å². The van der Waals surface area contributed by atoms with Crippen molar-refractivity contribution < 1.29 is 27.5 Å². The summed E-state index contributed by atoms with van der Waals surface area (Å²) in [6.45, 7) is -0.196. The molecule has 0 radical (unpaired) electrons. The van der Waals surface area contributed by atoms with Crippen molar-refractivity contribution in [1.82, 2.24) is 5.32 Å². The molecule has 0 bridgehead atoms. The molecule has 2 rings (SSSR count). The highest BCUT2D eigenvalue weighted by Gasteiger charge is 2.38. The Morgan fingerprint density at radius 3 is 2.31 bits per heavy atom. The van der Waals surface area contributed by atoms with Crippen LogP contribution in [0.5, 0.6) is 5.75 Å². The van der Waals surface area contributed by atoms with Gasteiger partial charge in [-0.1, -0.05) is 36.4 Å². The Bertz CT molecular complexity index is 749. The zero-order chi connectivity index (χ0) is 19.0. The number of hydrogen-bond donors (Lipinski definition) is 2. The minimum atomic E-state index is -4.95. The van der Waals surface area contributed by atoms with Crippen molar-refractivity contribution in [2.75, 3.05) is 11.9 Å². The number of hydrogen-bond acceptors (Lipinski definition) is 3. The molecule has 2 amide bonds. The molecule has 2 aromatic rings. The number of rotatable bonds is 7. The third kappa shape index (κ3) is 6.12. The molecule has 0 heterocycles. The van der Waals surface area contributed by atoms with Crippen molar-refractivity contribution in [2.45, 2.75) is 19.1 Å². The molecule has 0 fully saturated rings. The predicted molar refractivity (Wildman–Crippen MR) is 89.5 cm³/mol. The molecule has 8 heteroatoms. The first-order valence-corrected chi connectivity index (χ1v) is 7.77. The Morgan fingerprint density at radius 1 is 0.962 bits per heavy atom. The summed E-state index contributed by atoms with van der Waals surface area (Å²) in [6, 6.07) is 15.3. The van der Waals surface area contributed by atoms with Crippen LogP contribution in [-0.2, 0) is 16.1 Å². The van der Waals surface area contributed by atoms with Gasteiger partial charge in [-0.3, -0.25) is 9.59 Å². The maximum Gasteiger partial charge on any atom is 0.471 e. The molecule has 0 aliphatic carbocycles. The Hall–Kier alpha value is -3.03. The van der Waals surface area contributed by atoms with E-state index in [4.69, 9.17) is 4.74 Å². The number of para-hydroxylation sites is 2. The molecule has 2 N–H and O–H groups in total. The zero-order valence-electron chi connectivity index (χ0n) is 13.7. The maximum absolute atomic E-state index is 12.2. The van der Waals surface area contributed by atoms with Crippen LogP contribution >= 0.6 is 0 Å². The number of alkyl halides is 3. The molecule has 0 unspecified atom stereocenters. The van der Waals surface area contributed by atoms with Crippen LogP contribution in [0.4, 0.5) is 18.9 Å². The van der Waals surface area contributed by atoms with Crippen molar-refractivity contribution in [3.05, 3.63) is 60.2 Å². The monoisotopic (exact) mass is 366 g/mol. The van der Waals surface area contributed by atoms with Crippen LogP contribution in [0.25, 0.3) is 0 Å². The topological polar surface area (TPSA) is 67.4 Å². The summed E-state index contributed by atoms with van der Waals surface area (Å²) in [7, 11) is 0. The molecule has 0 spiro atoms. The van der Waals surface area contributed by atoms with Gasteiger partial charge in [-0.25, -0.2) is 0 Å². The number of amides is 2. The molecular weight excluding hydrogens is 349 g/mol. The maximum atomic E-state index is 12.2. The second-order valence-corrected chi connectivity index (χ2v) is 5.30. The highest BCUT2D eigenvalue weighted by molar-refractivity contribution is 5.91. The molecule has 5 nitrogen and oxygen atoms in total. The van der Waals surface area contributed by atoms with Gasteiger partial charge in [0, 0.05) is 12.2 Å². The first kappa shape index (κ1) is 19.3. The van der Waals surface area contributed by atoms with E-state index in [1.807, 2.05) is 6.07 Å². The number of carbonyl (C=O) groups is 2. The summed E-state index contributed by atoms with van der Waals surface area (Å²) in [6.07, 6.45) is -4.88. The Morgan fingerprint density at radius 2 is 1.62 bits per heavy atom. The second-order valence-electron chi connectivity index (χ2n) is 5.30. The third-order valence-corrected chi connectivity index (χ3v) is 3.33. The average Bonchev–Trinajstić information content (AvgIpc) is 2.61. The lowest BCUT2D eigenvalue weighted by atomic mass is 10.1. The van der Waals surface area contributed by atoms with E-state index >= 15 is 0 Å². The van der Waals surface area contributed by atoms with Crippen molar-refractivity contribution in [3.63, 3.8) is 0 Å². The number of benzene rings is 2. The van der Waals surface area contributed by atoms with Gasteiger partial charge in [0.1, 0.15) is 5.75 Å². The molecule has 0 aromatic heterocycles. The molecule has 138 valence electrons. The van der Waals surface area contributed by atoms with Gasteiger partial charge in [0.2, 0.25) is 5.91 Å². The van der Waals surface area contributed by atoms with Crippen LogP contribution in [0, 0.1) is 0 Å². The molecule has 0 aliphatic heterocycles. The fraction of sp³-hybridized carbons (Fsp3) is 0.222. The largest absolute Gasteiger partial charge is 0.493 e. The van der Waals surface area contributed by atoms with E-state index in [0.29, 0.717) is 17.0 Å².